The van der Waals surface area contributed by atoms with Crippen LogP contribution in [0.15, 0.2) is 16.7 Å². The zero-order chi connectivity index (χ0) is 12.4. The van der Waals surface area contributed by atoms with Crippen molar-refractivity contribution in [2.45, 2.75) is 13.0 Å². The van der Waals surface area contributed by atoms with Gasteiger partial charge in [-0.3, -0.25) is 10.1 Å². The summed E-state index contributed by atoms with van der Waals surface area (Å²) in [6, 6.07) is 1.89. The second kappa shape index (κ2) is 4.97. The molecule has 1 atom stereocenters. The van der Waals surface area contributed by atoms with Crippen LogP contribution in [0, 0.1) is 10.1 Å². The maximum Gasteiger partial charge on any atom is 0.288 e. The van der Waals surface area contributed by atoms with Gasteiger partial charge in [0.1, 0.15) is 12.0 Å². The molecule has 1 aliphatic rings. The number of hydrogen-bond acceptors (Lipinski definition) is 5. The van der Waals surface area contributed by atoms with Crippen LogP contribution in [0.4, 0.5) is 11.5 Å². The van der Waals surface area contributed by atoms with E-state index in [0.29, 0.717) is 10.5 Å². The average molecular weight is 301 g/mol. The standard InChI is InChI=1S/C10H13BrN4O2/c1-7-6-14(3-2-12-7)10-9(11)4-8(5-13-10)15(16)17/h4-5,7,12H,2-3,6H2,1H3/t7-/m1/s1. The molecule has 0 saturated carbocycles. The molecule has 0 aliphatic carbocycles. The Hall–Kier alpha value is -1.21. The summed E-state index contributed by atoms with van der Waals surface area (Å²) < 4.78 is 0.667. The monoisotopic (exact) mass is 300 g/mol. The minimum absolute atomic E-state index is 0.00353. The van der Waals surface area contributed by atoms with E-state index in [4.69, 9.17) is 0 Å². The molecule has 7 heteroatoms. The van der Waals surface area contributed by atoms with E-state index in [9.17, 15) is 10.1 Å². The van der Waals surface area contributed by atoms with E-state index in [1.807, 2.05) is 0 Å². The third-order valence-corrected chi connectivity index (χ3v) is 3.27. The summed E-state index contributed by atoms with van der Waals surface area (Å²) in [7, 11) is 0. The summed E-state index contributed by atoms with van der Waals surface area (Å²) in [5, 5.41) is 14.0. The fourth-order valence-electron chi connectivity index (χ4n) is 1.88. The SMILES string of the molecule is C[C@@H]1CN(c2ncc([N+](=O)[O-])cc2Br)CCN1. The first-order valence-corrected chi connectivity index (χ1v) is 6.15. The summed E-state index contributed by atoms with van der Waals surface area (Å²) in [5.41, 5.74) is 0.00353. The van der Waals surface area contributed by atoms with Crippen LogP contribution < -0.4 is 10.2 Å². The van der Waals surface area contributed by atoms with Gasteiger partial charge in [-0.1, -0.05) is 0 Å². The van der Waals surface area contributed by atoms with Crippen molar-refractivity contribution in [3.63, 3.8) is 0 Å². The number of nitrogens with zero attached hydrogens (tertiary/aromatic N) is 3. The van der Waals surface area contributed by atoms with Gasteiger partial charge in [0.25, 0.3) is 5.69 Å². The van der Waals surface area contributed by atoms with Crippen molar-refractivity contribution in [1.82, 2.24) is 10.3 Å². The van der Waals surface area contributed by atoms with E-state index in [1.54, 1.807) is 0 Å². The molecule has 0 radical (unpaired) electrons. The Kier molecular flexibility index (Phi) is 3.58. The highest BCUT2D eigenvalue weighted by Crippen LogP contribution is 2.27. The second-order valence-corrected chi connectivity index (χ2v) is 4.91. The number of pyridine rings is 1. The van der Waals surface area contributed by atoms with Gasteiger partial charge in [0.15, 0.2) is 0 Å². The van der Waals surface area contributed by atoms with Crippen molar-refractivity contribution in [2.75, 3.05) is 24.5 Å². The Morgan fingerprint density at radius 3 is 3.06 bits per heavy atom. The molecule has 1 aliphatic heterocycles. The molecule has 1 saturated heterocycles. The molecule has 0 bridgehead atoms. The highest BCUT2D eigenvalue weighted by atomic mass is 79.9. The lowest BCUT2D eigenvalue weighted by Gasteiger charge is -2.33. The molecule has 0 amide bonds. The van der Waals surface area contributed by atoms with Crippen LogP contribution in [-0.2, 0) is 0 Å². The number of hydrogen-bond donors (Lipinski definition) is 1. The molecule has 6 nitrogen and oxygen atoms in total. The van der Waals surface area contributed by atoms with Crippen LogP contribution in [0.1, 0.15) is 6.92 Å². The maximum atomic E-state index is 10.6. The van der Waals surface area contributed by atoms with Crippen molar-refractivity contribution >= 4 is 27.4 Å². The van der Waals surface area contributed by atoms with Crippen LogP contribution in [0.3, 0.4) is 0 Å². The first kappa shape index (κ1) is 12.3. The summed E-state index contributed by atoms with van der Waals surface area (Å²) in [4.78, 5) is 16.5. The summed E-state index contributed by atoms with van der Waals surface area (Å²) in [5.74, 6) is 0.768. The number of aromatic nitrogens is 1. The van der Waals surface area contributed by atoms with Gasteiger partial charge >= 0.3 is 0 Å². The Morgan fingerprint density at radius 2 is 2.47 bits per heavy atom. The zero-order valence-electron chi connectivity index (χ0n) is 9.39. The zero-order valence-corrected chi connectivity index (χ0v) is 11.0. The lowest BCUT2D eigenvalue weighted by atomic mass is 10.2. The minimum Gasteiger partial charge on any atom is -0.353 e. The number of piperazine rings is 1. The van der Waals surface area contributed by atoms with Gasteiger partial charge in [-0.05, 0) is 22.9 Å². The summed E-state index contributed by atoms with van der Waals surface area (Å²) in [6.45, 7) is 4.70. The predicted octanol–water partition coefficient (Wildman–Crippen LogP) is 1.55. The van der Waals surface area contributed by atoms with Gasteiger partial charge in [-0.2, -0.15) is 0 Å². The third kappa shape index (κ3) is 2.73. The molecule has 0 unspecified atom stereocenters. The minimum atomic E-state index is -0.443. The van der Waals surface area contributed by atoms with Gasteiger partial charge in [-0.15, -0.1) is 0 Å². The van der Waals surface area contributed by atoms with Crippen LogP contribution >= 0.6 is 15.9 Å². The van der Waals surface area contributed by atoms with E-state index in [2.05, 4.69) is 38.1 Å². The first-order valence-electron chi connectivity index (χ1n) is 5.36. The number of halogens is 1. The first-order chi connectivity index (χ1) is 8.08. The van der Waals surface area contributed by atoms with Crippen LogP contribution in [0.5, 0.6) is 0 Å². The highest BCUT2D eigenvalue weighted by molar-refractivity contribution is 9.10. The smallest absolute Gasteiger partial charge is 0.288 e. The third-order valence-electron chi connectivity index (χ3n) is 2.69. The molecular weight excluding hydrogens is 288 g/mol. The number of anilines is 1. The Morgan fingerprint density at radius 1 is 1.71 bits per heavy atom. The van der Waals surface area contributed by atoms with Gasteiger partial charge in [0, 0.05) is 31.7 Å². The maximum absolute atomic E-state index is 10.6. The molecule has 1 aromatic heterocycles. The topological polar surface area (TPSA) is 71.3 Å². The van der Waals surface area contributed by atoms with Gasteiger partial charge in [0.2, 0.25) is 0 Å². The molecule has 2 rings (SSSR count). The fourth-order valence-corrected chi connectivity index (χ4v) is 2.47. The lowest BCUT2D eigenvalue weighted by Crippen LogP contribution is -2.49. The summed E-state index contributed by atoms with van der Waals surface area (Å²) >= 11 is 3.34. The fraction of sp³-hybridized carbons (Fsp3) is 0.500. The van der Waals surface area contributed by atoms with E-state index in [0.717, 1.165) is 25.5 Å². The second-order valence-electron chi connectivity index (χ2n) is 4.06. The van der Waals surface area contributed by atoms with Crippen LogP contribution in [-0.4, -0.2) is 35.6 Å². The van der Waals surface area contributed by atoms with E-state index >= 15 is 0 Å². The van der Waals surface area contributed by atoms with Crippen molar-refractivity contribution in [3.05, 3.63) is 26.9 Å². The number of nitrogens with one attached hydrogen (secondary N) is 1. The van der Waals surface area contributed by atoms with Crippen molar-refractivity contribution in [2.24, 2.45) is 0 Å². The van der Waals surface area contributed by atoms with Gasteiger partial charge in [-0.25, -0.2) is 4.98 Å². The van der Waals surface area contributed by atoms with Gasteiger partial charge in [0.05, 0.1) is 9.40 Å². The quantitative estimate of drug-likeness (QED) is 0.663. The Labute approximate surface area is 107 Å². The molecule has 92 valence electrons. The van der Waals surface area contributed by atoms with Crippen LogP contribution in [0.2, 0.25) is 0 Å². The molecule has 1 fully saturated rings. The van der Waals surface area contributed by atoms with E-state index in [-0.39, 0.29) is 5.69 Å². The highest BCUT2D eigenvalue weighted by Gasteiger charge is 2.20. The molecule has 1 aromatic rings. The van der Waals surface area contributed by atoms with E-state index in [1.165, 1.54) is 12.3 Å². The molecule has 2 heterocycles. The molecule has 17 heavy (non-hydrogen) atoms. The van der Waals surface area contributed by atoms with Crippen molar-refractivity contribution in [1.29, 1.82) is 0 Å². The molecule has 0 aromatic carbocycles. The molecule has 1 N–H and O–H groups in total. The lowest BCUT2D eigenvalue weighted by molar-refractivity contribution is -0.385. The van der Waals surface area contributed by atoms with Crippen molar-refractivity contribution < 1.29 is 4.92 Å². The predicted molar refractivity (Wildman–Crippen MR) is 68.3 cm³/mol. The average Bonchev–Trinajstić information content (AvgIpc) is 2.28. The van der Waals surface area contributed by atoms with E-state index < -0.39 is 4.92 Å². The number of nitro groups is 1. The number of rotatable bonds is 2. The van der Waals surface area contributed by atoms with Crippen LogP contribution in [0.25, 0.3) is 0 Å². The molecule has 0 spiro atoms. The van der Waals surface area contributed by atoms with Gasteiger partial charge < -0.3 is 10.2 Å². The summed E-state index contributed by atoms with van der Waals surface area (Å²) in [6.07, 6.45) is 1.30. The molecular formula is C10H13BrN4O2. The van der Waals surface area contributed by atoms with Crippen molar-refractivity contribution in [3.8, 4) is 0 Å². The Bertz CT molecular complexity index is 440. The normalized spacial score (nSPS) is 20.4. The largest absolute Gasteiger partial charge is 0.353 e. The Balaban J connectivity index is 2.23.